The van der Waals surface area contributed by atoms with Gasteiger partial charge in [0.1, 0.15) is 5.82 Å². The van der Waals surface area contributed by atoms with Crippen LogP contribution in [-0.4, -0.2) is 6.54 Å². The molecule has 0 amide bonds. The Morgan fingerprint density at radius 1 is 1.26 bits per heavy atom. The summed E-state index contributed by atoms with van der Waals surface area (Å²) in [4.78, 5) is 0. The molecule has 0 saturated heterocycles. The minimum absolute atomic E-state index is 0. The van der Waals surface area contributed by atoms with E-state index < -0.39 is 0 Å². The van der Waals surface area contributed by atoms with Crippen LogP contribution in [0.1, 0.15) is 18.4 Å². The number of halogens is 2. The number of nitrogen functional groups attached to an aromatic ring is 1. The molecule has 2 nitrogen and oxygen atoms in total. The van der Waals surface area contributed by atoms with Crippen molar-refractivity contribution in [2.24, 2.45) is 0 Å². The Kier molecular flexibility index (Phi) is 7.47. The fourth-order valence-corrected chi connectivity index (χ4v) is 2.69. The molecule has 0 spiro atoms. The van der Waals surface area contributed by atoms with Gasteiger partial charge in [0.2, 0.25) is 0 Å². The van der Waals surface area contributed by atoms with Crippen LogP contribution >= 0.6 is 11.6 Å². The third-order valence-corrected chi connectivity index (χ3v) is 4.15. The maximum atomic E-state index is 13.0. The first-order chi connectivity index (χ1) is 10.5. The second-order valence-corrected chi connectivity index (χ2v) is 5.72. The SMILES string of the molecule is Nc1[c-]ccc(Cl)c1.[CH2-]CC1(C[CH2-])CNc2cc(F)ccc21.[Li+]. The largest absolute Gasteiger partial charge is 1.00 e. The maximum Gasteiger partial charge on any atom is 1.00 e. The monoisotopic (exact) mass is 324 g/mol. The number of fused-ring (bicyclic) bond motifs is 1. The average Bonchev–Trinajstić information content (AvgIpc) is 2.86. The number of nitrogens with one attached hydrogen (secondary N) is 1. The zero-order valence-electron chi connectivity index (χ0n) is 13.3. The van der Waals surface area contributed by atoms with Crippen LogP contribution in [0.25, 0.3) is 0 Å². The molecule has 1 heterocycles. The summed E-state index contributed by atoms with van der Waals surface area (Å²) in [6.07, 6.45) is 1.59. The second kappa shape index (κ2) is 8.64. The molecule has 5 heteroatoms. The molecular weight excluding hydrogens is 306 g/mol. The number of benzene rings is 2. The average molecular weight is 325 g/mol. The molecule has 2 aromatic carbocycles. The number of hydrogen-bond donors (Lipinski definition) is 2. The van der Waals surface area contributed by atoms with E-state index in [0.29, 0.717) is 10.7 Å². The molecule has 0 radical (unpaired) electrons. The van der Waals surface area contributed by atoms with Crippen molar-refractivity contribution in [1.29, 1.82) is 0 Å². The van der Waals surface area contributed by atoms with Gasteiger partial charge in [0.15, 0.2) is 0 Å². The van der Waals surface area contributed by atoms with Gasteiger partial charge in [-0.05, 0) is 23.1 Å². The van der Waals surface area contributed by atoms with Crippen molar-refractivity contribution in [3.05, 3.63) is 72.7 Å². The van der Waals surface area contributed by atoms with Gasteiger partial charge in [0.05, 0.1) is 0 Å². The van der Waals surface area contributed by atoms with E-state index >= 15 is 0 Å². The number of hydrogen-bond acceptors (Lipinski definition) is 2. The fraction of sp³-hybridized carbons (Fsp3) is 0.222. The van der Waals surface area contributed by atoms with Crippen molar-refractivity contribution in [2.45, 2.75) is 18.3 Å². The van der Waals surface area contributed by atoms with Crippen molar-refractivity contribution < 1.29 is 23.3 Å². The molecular formula is C18H19ClFLiN2-2. The molecule has 0 unspecified atom stereocenters. The first-order valence-electron chi connectivity index (χ1n) is 7.06. The van der Waals surface area contributed by atoms with Crippen molar-refractivity contribution >= 4 is 23.0 Å². The van der Waals surface area contributed by atoms with Crippen LogP contribution < -0.4 is 29.9 Å². The second-order valence-electron chi connectivity index (χ2n) is 5.29. The molecule has 2 aromatic rings. The van der Waals surface area contributed by atoms with E-state index in [2.05, 4.69) is 25.2 Å². The third-order valence-electron chi connectivity index (χ3n) is 3.91. The summed E-state index contributed by atoms with van der Waals surface area (Å²) >= 11 is 5.54. The van der Waals surface area contributed by atoms with Crippen LogP contribution in [0.3, 0.4) is 0 Å². The minimum atomic E-state index is -0.194. The topological polar surface area (TPSA) is 38.0 Å². The van der Waals surface area contributed by atoms with Gasteiger partial charge in [-0.2, -0.15) is 31.0 Å². The number of rotatable bonds is 2. The molecule has 1 aliphatic rings. The summed E-state index contributed by atoms with van der Waals surface area (Å²) < 4.78 is 13.0. The summed E-state index contributed by atoms with van der Waals surface area (Å²) in [5.74, 6) is -0.194. The Bertz CT molecular complexity index is 627. The molecule has 0 fully saturated rings. The van der Waals surface area contributed by atoms with Gasteiger partial charge >= 0.3 is 18.9 Å². The predicted molar refractivity (Wildman–Crippen MR) is 91.2 cm³/mol. The van der Waals surface area contributed by atoms with E-state index in [-0.39, 0.29) is 30.1 Å². The van der Waals surface area contributed by atoms with E-state index in [1.807, 2.05) is 6.07 Å². The third kappa shape index (κ3) is 4.67. The smallest absolute Gasteiger partial charge is 0.420 e. The molecule has 23 heavy (non-hydrogen) atoms. The van der Waals surface area contributed by atoms with Gasteiger partial charge in [-0.1, -0.05) is 16.8 Å². The molecule has 1 aliphatic heterocycles. The zero-order chi connectivity index (χ0) is 16.2. The Balaban J connectivity index is 0.000000253. The summed E-state index contributed by atoms with van der Waals surface area (Å²) in [7, 11) is 0. The van der Waals surface area contributed by atoms with E-state index in [0.717, 1.165) is 30.6 Å². The maximum absolute atomic E-state index is 13.0. The quantitative estimate of drug-likeness (QED) is 0.501. The van der Waals surface area contributed by atoms with Crippen LogP contribution in [0, 0.1) is 25.7 Å². The van der Waals surface area contributed by atoms with E-state index in [4.69, 9.17) is 17.3 Å². The molecule has 118 valence electrons. The molecule has 0 bridgehead atoms. The standard InChI is InChI=1S/C12H14FN.C6H5ClN.Li/c1-3-12(4-2)8-14-11-7-9(13)5-6-10(11)12;7-5-2-1-3-6(8)4-5;/h5-7,14H,1-4,8H2;1-2,4H,8H2;/q-2;-1;+1. The van der Waals surface area contributed by atoms with Crippen LogP contribution in [0.4, 0.5) is 15.8 Å². The van der Waals surface area contributed by atoms with E-state index in [9.17, 15) is 4.39 Å². The van der Waals surface area contributed by atoms with Crippen LogP contribution in [0.15, 0.2) is 36.4 Å². The number of nitrogens with two attached hydrogens (primary N) is 1. The summed E-state index contributed by atoms with van der Waals surface area (Å²) in [5, 5.41) is 3.87. The van der Waals surface area contributed by atoms with Crippen molar-refractivity contribution in [2.75, 3.05) is 17.6 Å². The Hall–Kier alpha value is -1.14. The fourth-order valence-electron chi connectivity index (χ4n) is 2.51. The first-order valence-corrected chi connectivity index (χ1v) is 7.43. The van der Waals surface area contributed by atoms with Crippen molar-refractivity contribution in [1.82, 2.24) is 0 Å². The molecule has 0 aromatic heterocycles. The number of anilines is 2. The predicted octanol–water partition coefficient (Wildman–Crippen LogP) is 1.66. The molecule has 0 saturated carbocycles. The summed E-state index contributed by atoms with van der Waals surface area (Å²) in [6, 6.07) is 12.7. The first kappa shape index (κ1) is 19.9. The van der Waals surface area contributed by atoms with E-state index in [1.54, 1.807) is 24.3 Å². The van der Waals surface area contributed by atoms with Crippen molar-refractivity contribution in [3.8, 4) is 0 Å². The Labute approximate surface area is 154 Å². The van der Waals surface area contributed by atoms with E-state index in [1.165, 1.54) is 6.07 Å². The normalized spacial score (nSPS) is 13.9. The van der Waals surface area contributed by atoms with Gasteiger partial charge in [-0.25, -0.2) is 4.39 Å². The summed E-state index contributed by atoms with van der Waals surface area (Å²) in [6.45, 7) is 8.73. The zero-order valence-corrected chi connectivity index (χ0v) is 14.1. The van der Waals surface area contributed by atoms with Crippen LogP contribution in [0.2, 0.25) is 5.02 Å². The van der Waals surface area contributed by atoms with Gasteiger partial charge in [0.25, 0.3) is 0 Å². The van der Waals surface area contributed by atoms with Crippen LogP contribution in [0.5, 0.6) is 0 Å². The van der Waals surface area contributed by atoms with Crippen molar-refractivity contribution in [3.63, 3.8) is 0 Å². The van der Waals surface area contributed by atoms with Gasteiger partial charge in [0, 0.05) is 12.2 Å². The molecule has 0 aliphatic carbocycles. The minimum Gasteiger partial charge on any atom is -0.420 e. The molecule has 3 N–H and O–H groups in total. The summed E-state index contributed by atoms with van der Waals surface area (Å²) in [5.41, 5.74) is 7.96. The Morgan fingerprint density at radius 3 is 2.48 bits per heavy atom. The van der Waals surface area contributed by atoms with Gasteiger partial charge in [-0.3, -0.25) is 0 Å². The molecule has 3 rings (SSSR count). The van der Waals surface area contributed by atoms with Gasteiger partial charge in [-0.15, -0.1) is 17.7 Å². The molecule has 0 atom stereocenters. The van der Waals surface area contributed by atoms with Crippen LogP contribution in [-0.2, 0) is 5.41 Å². The Morgan fingerprint density at radius 2 is 1.96 bits per heavy atom. The van der Waals surface area contributed by atoms with Gasteiger partial charge < -0.3 is 24.9 Å².